The van der Waals surface area contributed by atoms with Crippen molar-refractivity contribution in [1.82, 2.24) is 4.98 Å². The molecule has 1 heteroatoms. The molecule has 0 aliphatic heterocycles. The molecule has 2 rings (SSSR count). The average Bonchev–Trinajstić information content (AvgIpc) is 2.29. The molecule has 0 unspecified atom stereocenters. The van der Waals surface area contributed by atoms with Crippen molar-refractivity contribution in [3.05, 3.63) is 29.6 Å². The monoisotopic (exact) mass is 161 g/mol. The van der Waals surface area contributed by atoms with Gasteiger partial charge in [0.15, 0.2) is 0 Å². The number of pyridine rings is 1. The van der Waals surface area contributed by atoms with E-state index in [1.807, 2.05) is 6.20 Å². The van der Waals surface area contributed by atoms with Crippen LogP contribution in [-0.2, 0) is 6.42 Å². The first-order valence-electron chi connectivity index (χ1n) is 4.81. The van der Waals surface area contributed by atoms with Gasteiger partial charge in [-0.2, -0.15) is 0 Å². The standard InChI is InChI=1S/C11H15N/c1-9-5-2-3-6-10-7-4-8-12-11(9)10/h4,7-9H,2-3,5-6H2,1H3/t9-/m0/s1. The maximum atomic E-state index is 4.46. The molecule has 1 aliphatic rings. The summed E-state index contributed by atoms with van der Waals surface area (Å²) in [5.41, 5.74) is 2.82. The molecule has 0 N–H and O–H groups in total. The summed E-state index contributed by atoms with van der Waals surface area (Å²) in [5, 5.41) is 0. The Kier molecular flexibility index (Phi) is 2.11. The Balaban J connectivity index is 2.39. The Morgan fingerprint density at radius 3 is 3.25 bits per heavy atom. The molecule has 1 aromatic rings. The summed E-state index contributed by atoms with van der Waals surface area (Å²) in [5.74, 6) is 0.670. The molecule has 0 aromatic carbocycles. The first-order valence-corrected chi connectivity index (χ1v) is 4.81. The first-order chi connectivity index (χ1) is 5.88. The van der Waals surface area contributed by atoms with E-state index in [9.17, 15) is 0 Å². The third-order valence-corrected chi connectivity index (χ3v) is 2.73. The largest absolute Gasteiger partial charge is 0.261 e. The van der Waals surface area contributed by atoms with E-state index in [2.05, 4.69) is 24.0 Å². The predicted molar refractivity (Wildman–Crippen MR) is 50.2 cm³/mol. The van der Waals surface area contributed by atoms with Crippen molar-refractivity contribution in [2.45, 2.75) is 38.5 Å². The Hall–Kier alpha value is -0.850. The number of rotatable bonds is 0. The highest BCUT2D eigenvalue weighted by molar-refractivity contribution is 5.23. The summed E-state index contributed by atoms with van der Waals surface area (Å²) >= 11 is 0. The van der Waals surface area contributed by atoms with E-state index in [0.29, 0.717) is 5.92 Å². The van der Waals surface area contributed by atoms with Gasteiger partial charge in [-0.1, -0.05) is 19.4 Å². The fourth-order valence-corrected chi connectivity index (χ4v) is 2.01. The molecule has 1 nitrogen and oxygen atoms in total. The van der Waals surface area contributed by atoms with Gasteiger partial charge in [-0.3, -0.25) is 4.98 Å². The molecule has 0 spiro atoms. The molecule has 0 radical (unpaired) electrons. The van der Waals surface area contributed by atoms with E-state index in [4.69, 9.17) is 0 Å². The minimum atomic E-state index is 0.670. The van der Waals surface area contributed by atoms with E-state index in [1.165, 1.54) is 36.9 Å². The van der Waals surface area contributed by atoms with Crippen LogP contribution in [0.5, 0.6) is 0 Å². The molecule has 12 heavy (non-hydrogen) atoms. The number of nitrogens with zero attached hydrogens (tertiary/aromatic N) is 1. The van der Waals surface area contributed by atoms with Crippen LogP contribution in [0.1, 0.15) is 43.4 Å². The zero-order chi connectivity index (χ0) is 8.39. The Morgan fingerprint density at radius 2 is 2.33 bits per heavy atom. The van der Waals surface area contributed by atoms with E-state index < -0.39 is 0 Å². The van der Waals surface area contributed by atoms with Gasteiger partial charge in [0.2, 0.25) is 0 Å². The van der Waals surface area contributed by atoms with Gasteiger partial charge in [0.25, 0.3) is 0 Å². The van der Waals surface area contributed by atoms with Gasteiger partial charge < -0.3 is 0 Å². The summed E-state index contributed by atoms with van der Waals surface area (Å²) in [6.45, 7) is 2.29. The van der Waals surface area contributed by atoms with Gasteiger partial charge in [-0.15, -0.1) is 0 Å². The van der Waals surface area contributed by atoms with Crippen molar-refractivity contribution in [3.63, 3.8) is 0 Å². The molecule has 0 saturated carbocycles. The highest BCUT2D eigenvalue weighted by Crippen LogP contribution is 2.27. The quantitative estimate of drug-likeness (QED) is 0.533. The summed E-state index contributed by atoms with van der Waals surface area (Å²) in [7, 11) is 0. The van der Waals surface area contributed by atoms with Gasteiger partial charge in [0, 0.05) is 11.9 Å². The van der Waals surface area contributed by atoms with Crippen LogP contribution in [0.15, 0.2) is 18.3 Å². The molecule has 1 atom stereocenters. The van der Waals surface area contributed by atoms with Crippen molar-refractivity contribution >= 4 is 0 Å². The van der Waals surface area contributed by atoms with E-state index in [-0.39, 0.29) is 0 Å². The highest BCUT2D eigenvalue weighted by atomic mass is 14.7. The van der Waals surface area contributed by atoms with Crippen LogP contribution in [0.2, 0.25) is 0 Å². The molecular formula is C11H15N. The Labute approximate surface area is 73.8 Å². The number of aryl methyl sites for hydroxylation is 1. The summed E-state index contributed by atoms with van der Waals surface area (Å²) in [6, 6.07) is 4.28. The van der Waals surface area contributed by atoms with Gasteiger partial charge >= 0.3 is 0 Å². The lowest BCUT2D eigenvalue weighted by Crippen LogP contribution is -1.98. The molecule has 1 heterocycles. The summed E-state index contributed by atoms with van der Waals surface area (Å²) in [4.78, 5) is 4.46. The van der Waals surface area contributed by atoms with E-state index in [0.717, 1.165) is 0 Å². The van der Waals surface area contributed by atoms with Crippen molar-refractivity contribution in [3.8, 4) is 0 Å². The third-order valence-electron chi connectivity index (χ3n) is 2.73. The molecule has 0 amide bonds. The zero-order valence-corrected chi connectivity index (χ0v) is 7.59. The number of hydrogen-bond acceptors (Lipinski definition) is 1. The summed E-state index contributed by atoms with van der Waals surface area (Å²) in [6.07, 6.45) is 7.15. The highest BCUT2D eigenvalue weighted by Gasteiger charge is 2.14. The van der Waals surface area contributed by atoms with Crippen LogP contribution in [0.4, 0.5) is 0 Å². The lowest BCUT2D eigenvalue weighted by molar-refractivity contribution is 0.625. The van der Waals surface area contributed by atoms with Crippen molar-refractivity contribution < 1.29 is 0 Å². The second-order valence-electron chi connectivity index (χ2n) is 3.69. The maximum absolute atomic E-state index is 4.46. The van der Waals surface area contributed by atoms with Crippen LogP contribution in [0, 0.1) is 0 Å². The minimum absolute atomic E-state index is 0.670. The van der Waals surface area contributed by atoms with Gasteiger partial charge in [0.1, 0.15) is 0 Å². The fraction of sp³-hybridized carbons (Fsp3) is 0.545. The van der Waals surface area contributed by atoms with Gasteiger partial charge in [-0.25, -0.2) is 0 Å². The third kappa shape index (κ3) is 1.36. The predicted octanol–water partition coefficient (Wildman–Crippen LogP) is 2.91. The Bertz CT molecular complexity index is 267. The second-order valence-corrected chi connectivity index (χ2v) is 3.69. The van der Waals surface area contributed by atoms with Crippen molar-refractivity contribution in [2.75, 3.05) is 0 Å². The topological polar surface area (TPSA) is 12.9 Å². The van der Waals surface area contributed by atoms with Crippen LogP contribution >= 0.6 is 0 Å². The maximum Gasteiger partial charge on any atom is 0.0463 e. The first kappa shape index (κ1) is 7.78. The van der Waals surface area contributed by atoms with Crippen LogP contribution in [0.25, 0.3) is 0 Å². The molecule has 0 fully saturated rings. The number of fused-ring (bicyclic) bond motifs is 1. The number of hydrogen-bond donors (Lipinski definition) is 0. The average molecular weight is 161 g/mol. The zero-order valence-electron chi connectivity index (χ0n) is 7.59. The molecule has 64 valence electrons. The lowest BCUT2D eigenvalue weighted by Gasteiger charge is -2.09. The minimum Gasteiger partial charge on any atom is -0.261 e. The summed E-state index contributed by atoms with van der Waals surface area (Å²) < 4.78 is 0. The number of aromatic nitrogens is 1. The van der Waals surface area contributed by atoms with E-state index >= 15 is 0 Å². The normalized spacial score (nSPS) is 22.9. The van der Waals surface area contributed by atoms with Crippen LogP contribution in [0.3, 0.4) is 0 Å². The van der Waals surface area contributed by atoms with Crippen molar-refractivity contribution in [1.29, 1.82) is 0 Å². The Morgan fingerprint density at radius 1 is 1.42 bits per heavy atom. The molecule has 1 aliphatic carbocycles. The smallest absolute Gasteiger partial charge is 0.0463 e. The molecule has 0 bridgehead atoms. The molecule has 0 saturated heterocycles. The van der Waals surface area contributed by atoms with Gasteiger partial charge in [0.05, 0.1) is 0 Å². The second kappa shape index (κ2) is 3.26. The van der Waals surface area contributed by atoms with Crippen LogP contribution in [-0.4, -0.2) is 4.98 Å². The molecule has 1 aromatic heterocycles. The SMILES string of the molecule is C[C@H]1CCCCc2cccnc21. The lowest BCUT2D eigenvalue weighted by atomic mass is 10.0. The van der Waals surface area contributed by atoms with E-state index in [1.54, 1.807) is 0 Å². The van der Waals surface area contributed by atoms with Gasteiger partial charge in [-0.05, 0) is 36.8 Å². The van der Waals surface area contributed by atoms with Crippen LogP contribution < -0.4 is 0 Å². The molecular weight excluding hydrogens is 146 g/mol. The van der Waals surface area contributed by atoms with Crippen molar-refractivity contribution in [2.24, 2.45) is 0 Å². The fourth-order valence-electron chi connectivity index (χ4n) is 2.01.